The monoisotopic (exact) mass is 303 g/mol. The molecule has 1 heterocycles. The van der Waals surface area contributed by atoms with Crippen molar-refractivity contribution >= 4 is 21.4 Å². The number of hydrogen-bond donors (Lipinski definition) is 3. The van der Waals surface area contributed by atoms with Crippen molar-refractivity contribution in [2.45, 2.75) is 32.4 Å². The number of aliphatic hydroxyl groups excluding tert-OH is 1. The molecule has 0 aliphatic carbocycles. The maximum absolute atomic E-state index is 9.63. The van der Waals surface area contributed by atoms with Crippen LogP contribution in [0.3, 0.4) is 0 Å². The van der Waals surface area contributed by atoms with Crippen LogP contribution in [0.5, 0.6) is 0 Å². The predicted molar refractivity (Wildman–Crippen MR) is 72.6 cm³/mol. The molecule has 2 rings (SSSR count). The quantitative estimate of drug-likeness (QED) is 0.717. The number of hydrogen-bond acceptors (Lipinski definition) is 5. The lowest BCUT2D eigenvalue weighted by Gasteiger charge is -2.06. The summed E-state index contributed by atoms with van der Waals surface area (Å²) >= 11 is 0. The smallest absolute Gasteiger partial charge is 0.391 e. The van der Waals surface area contributed by atoms with Gasteiger partial charge in [0, 0.05) is 0 Å². The number of fused-ring (bicyclic) bond motifs is 1. The first-order valence-corrected chi connectivity index (χ1v) is 7.37. The van der Waals surface area contributed by atoms with E-state index in [0.29, 0.717) is 6.54 Å². The third-order valence-corrected chi connectivity index (χ3v) is 2.32. The summed E-state index contributed by atoms with van der Waals surface area (Å²) in [5, 5.41) is 18.2. The van der Waals surface area contributed by atoms with E-state index >= 15 is 0 Å². The van der Waals surface area contributed by atoms with E-state index in [2.05, 4.69) is 17.1 Å². The number of rotatable bonds is 4. The van der Waals surface area contributed by atoms with E-state index in [1.807, 2.05) is 24.3 Å². The summed E-state index contributed by atoms with van der Waals surface area (Å²) < 4.78 is 31.6. The van der Waals surface area contributed by atoms with Gasteiger partial charge in [-0.3, -0.25) is 9.11 Å². The average molecular weight is 303 g/mol. The van der Waals surface area contributed by atoms with E-state index in [0.717, 1.165) is 23.9 Å². The van der Waals surface area contributed by atoms with Gasteiger partial charge in [0.2, 0.25) is 0 Å². The summed E-state index contributed by atoms with van der Waals surface area (Å²) in [5.41, 5.74) is 1.75. The molecule has 2 aromatic rings. The van der Waals surface area contributed by atoms with Gasteiger partial charge in [-0.05, 0) is 18.6 Å². The molecule has 1 aromatic heterocycles. The second kappa shape index (κ2) is 7.29. The Hall–Kier alpha value is -1.55. The largest absolute Gasteiger partial charge is 0.394 e. The standard InChI is InChI=1S/C11H15N3O.H2O4S/c1-2-5-9(15)8-14-12-10-6-3-4-7-11(10)13-14;1-5(2,3)4/h3-4,6-7,9,15H,2,5,8H2,1H3;(H2,1,2,3,4). The molecule has 3 N–H and O–H groups in total. The molecule has 0 amide bonds. The lowest BCUT2D eigenvalue weighted by molar-refractivity contribution is 0.134. The lowest BCUT2D eigenvalue weighted by Crippen LogP contribution is -2.17. The van der Waals surface area contributed by atoms with Gasteiger partial charge in [0.25, 0.3) is 0 Å². The molecule has 1 unspecified atom stereocenters. The highest BCUT2D eigenvalue weighted by molar-refractivity contribution is 7.79. The van der Waals surface area contributed by atoms with E-state index in [1.54, 1.807) is 4.80 Å². The van der Waals surface area contributed by atoms with E-state index < -0.39 is 10.4 Å². The highest BCUT2D eigenvalue weighted by Crippen LogP contribution is 2.08. The van der Waals surface area contributed by atoms with Gasteiger partial charge in [-0.15, -0.1) is 0 Å². The Kier molecular flexibility index (Phi) is 6.02. The van der Waals surface area contributed by atoms with Gasteiger partial charge >= 0.3 is 10.4 Å². The van der Waals surface area contributed by atoms with Crippen LogP contribution in [0.2, 0.25) is 0 Å². The zero-order valence-electron chi connectivity index (χ0n) is 10.9. The van der Waals surface area contributed by atoms with Crippen molar-refractivity contribution in [2.24, 2.45) is 0 Å². The zero-order chi connectivity index (χ0) is 15.2. The van der Waals surface area contributed by atoms with Gasteiger partial charge in [-0.2, -0.15) is 23.4 Å². The Morgan fingerprint density at radius 3 is 2.05 bits per heavy atom. The predicted octanol–water partition coefficient (Wildman–Crippen LogP) is 0.939. The van der Waals surface area contributed by atoms with Crippen molar-refractivity contribution in [3.8, 4) is 0 Å². The van der Waals surface area contributed by atoms with Crippen LogP contribution in [0, 0.1) is 0 Å². The Morgan fingerprint density at radius 2 is 1.65 bits per heavy atom. The summed E-state index contributed by atoms with van der Waals surface area (Å²) in [7, 11) is -4.67. The van der Waals surface area contributed by atoms with Crippen LogP contribution in [0.15, 0.2) is 24.3 Å². The van der Waals surface area contributed by atoms with Crippen molar-refractivity contribution in [1.29, 1.82) is 0 Å². The molecule has 8 nitrogen and oxygen atoms in total. The molecular weight excluding hydrogens is 286 g/mol. The molecule has 0 saturated heterocycles. The Labute approximate surface area is 116 Å². The zero-order valence-corrected chi connectivity index (χ0v) is 11.7. The van der Waals surface area contributed by atoms with E-state index in [-0.39, 0.29) is 6.10 Å². The molecule has 0 radical (unpaired) electrons. The molecule has 20 heavy (non-hydrogen) atoms. The van der Waals surface area contributed by atoms with Gasteiger partial charge < -0.3 is 5.11 Å². The van der Waals surface area contributed by atoms with E-state index in [4.69, 9.17) is 17.5 Å². The average Bonchev–Trinajstić information content (AvgIpc) is 2.68. The maximum Gasteiger partial charge on any atom is 0.394 e. The topological polar surface area (TPSA) is 126 Å². The lowest BCUT2D eigenvalue weighted by atomic mass is 10.2. The molecule has 0 aliphatic rings. The van der Waals surface area contributed by atoms with Gasteiger partial charge in [0.05, 0.1) is 12.6 Å². The molecule has 1 aromatic carbocycles. The summed E-state index contributed by atoms with van der Waals surface area (Å²) in [5.74, 6) is 0. The number of benzene rings is 1. The van der Waals surface area contributed by atoms with Crippen LogP contribution in [0.4, 0.5) is 0 Å². The minimum atomic E-state index is -4.67. The minimum absolute atomic E-state index is 0.350. The SMILES string of the molecule is CCCC(O)Cn1nc2ccccc2n1.O=S(=O)(O)O. The number of aliphatic hydroxyl groups is 1. The van der Waals surface area contributed by atoms with Gasteiger partial charge in [0.15, 0.2) is 0 Å². The normalized spacial score (nSPS) is 12.8. The maximum atomic E-state index is 9.63. The van der Waals surface area contributed by atoms with Crippen LogP contribution < -0.4 is 0 Å². The fourth-order valence-corrected chi connectivity index (χ4v) is 1.60. The van der Waals surface area contributed by atoms with Gasteiger partial charge in [0.1, 0.15) is 11.0 Å². The molecule has 0 spiro atoms. The Balaban J connectivity index is 0.000000347. The molecule has 0 saturated carbocycles. The summed E-state index contributed by atoms with van der Waals surface area (Å²) in [6.07, 6.45) is 1.41. The Bertz CT molecular complexity index is 599. The molecule has 0 fully saturated rings. The van der Waals surface area contributed by atoms with Crippen LogP contribution in [-0.2, 0) is 16.9 Å². The highest BCUT2D eigenvalue weighted by Gasteiger charge is 2.06. The fourth-order valence-electron chi connectivity index (χ4n) is 1.60. The molecule has 1 atom stereocenters. The van der Waals surface area contributed by atoms with Crippen LogP contribution in [-0.4, -0.2) is 43.7 Å². The van der Waals surface area contributed by atoms with Crippen LogP contribution >= 0.6 is 0 Å². The molecule has 9 heteroatoms. The summed E-state index contributed by atoms with van der Waals surface area (Å²) in [6, 6.07) is 7.71. The van der Waals surface area contributed by atoms with Crippen molar-refractivity contribution in [3.05, 3.63) is 24.3 Å². The van der Waals surface area contributed by atoms with E-state index in [9.17, 15) is 5.11 Å². The van der Waals surface area contributed by atoms with Crippen molar-refractivity contribution in [1.82, 2.24) is 15.0 Å². The number of nitrogens with zero attached hydrogens (tertiary/aromatic N) is 3. The first kappa shape index (κ1) is 16.5. The second-order valence-corrected chi connectivity index (χ2v) is 5.03. The van der Waals surface area contributed by atoms with E-state index in [1.165, 1.54) is 0 Å². The minimum Gasteiger partial charge on any atom is -0.391 e. The summed E-state index contributed by atoms with van der Waals surface area (Å²) in [6.45, 7) is 2.53. The molecule has 0 bridgehead atoms. The first-order valence-electron chi connectivity index (χ1n) is 5.97. The van der Waals surface area contributed by atoms with Gasteiger partial charge in [-0.1, -0.05) is 25.5 Å². The third kappa shape index (κ3) is 6.57. The van der Waals surface area contributed by atoms with Crippen molar-refractivity contribution < 1.29 is 22.6 Å². The molecule has 0 aliphatic heterocycles. The molecular formula is C11H17N3O5S. The van der Waals surface area contributed by atoms with Crippen LogP contribution in [0.25, 0.3) is 11.0 Å². The second-order valence-electron chi connectivity index (χ2n) is 4.13. The molecule has 112 valence electrons. The number of aromatic nitrogens is 3. The fraction of sp³-hybridized carbons (Fsp3) is 0.455. The first-order chi connectivity index (χ1) is 9.29. The summed E-state index contributed by atoms with van der Waals surface area (Å²) in [4.78, 5) is 1.57. The Morgan fingerprint density at radius 1 is 1.20 bits per heavy atom. The van der Waals surface area contributed by atoms with Crippen molar-refractivity contribution in [2.75, 3.05) is 0 Å². The van der Waals surface area contributed by atoms with Gasteiger partial charge in [-0.25, -0.2) is 0 Å². The highest BCUT2D eigenvalue weighted by atomic mass is 32.3. The van der Waals surface area contributed by atoms with Crippen molar-refractivity contribution in [3.63, 3.8) is 0 Å². The van der Waals surface area contributed by atoms with Crippen LogP contribution in [0.1, 0.15) is 19.8 Å². The third-order valence-electron chi connectivity index (χ3n) is 2.32.